The van der Waals surface area contributed by atoms with Crippen molar-refractivity contribution in [1.29, 1.82) is 0 Å². The number of halogens is 6. The summed E-state index contributed by atoms with van der Waals surface area (Å²) >= 11 is 0. The molecule has 1 aromatic heterocycles. The second kappa shape index (κ2) is 9.55. The molecule has 0 fully saturated rings. The minimum absolute atomic E-state index is 0.00739. The second-order valence-electron chi connectivity index (χ2n) is 7.65. The summed E-state index contributed by atoms with van der Waals surface area (Å²) in [7, 11) is -2.16. The van der Waals surface area contributed by atoms with Gasteiger partial charge in [0.1, 0.15) is 17.3 Å². The lowest BCUT2D eigenvalue weighted by Gasteiger charge is -2.24. The summed E-state index contributed by atoms with van der Waals surface area (Å²) in [6, 6.07) is 9.64. The van der Waals surface area contributed by atoms with Crippen LogP contribution in [0, 0.1) is 0 Å². The maximum absolute atomic E-state index is 13.5. The Morgan fingerprint density at radius 3 is 2.32 bits per heavy atom. The zero-order valence-corrected chi connectivity index (χ0v) is 19.0. The van der Waals surface area contributed by atoms with Crippen LogP contribution in [0.25, 0.3) is 0 Å². The number of nitrogens with one attached hydrogen (secondary N) is 1. The first kappa shape index (κ1) is 26.2. The predicted molar refractivity (Wildman–Crippen MR) is 117 cm³/mol. The van der Waals surface area contributed by atoms with Gasteiger partial charge in [-0.3, -0.25) is 4.31 Å². The van der Waals surface area contributed by atoms with Gasteiger partial charge in [0.05, 0.1) is 22.8 Å². The van der Waals surface area contributed by atoms with Crippen LogP contribution in [0.2, 0.25) is 0 Å². The van der Waals surface area contributed by atoms with Crippen LogP contribution < -0.4 is 14.4 Å². The van der Waals surface area contributed by atoms with E-state index < -0.39 is 47.0 Å². The summed E-state index contributed by atoms with van der Waals surface area (Å²) < 4.78 is 95.6. The van der Waals surface area contributed by atoms with Crippen LogP contribution in [0.1, 0.15) is 22.9 Å². The van der Waals surface area contributed by atoms with E-state index in [1.165, 1.54) is 22.5 Å². The lowest BCUT2D eigenvalue weighted by Crippen LogP contribution is -2.25. The molecular formula is C22H15F6N3O5S. The van der Waals surface area contributed by atoms with E-state index in [4.69, 9.17) is 5.11 Å². The summed E-state index contributed by atoms with van der Waals surface area (Å²) in [6.07, 6.45) is -11.6. The third kappa shape index (κ3) is 5.77. The van der Waals surface area contributed by atoms with Gasteiger partial charge in [-0.25, -0.2) is 14.0 Å². The van der Waals surface area contributed by atoms with Crippen molar-refractivity contribution in [1.82, 2.24) is 4.98 Å². The van der Waals surface area contributed by atoms with Crippen molar-refractivity contribution in [3.05, 3.63) is 71.4 Å². The minimum atomic E-state index is -4.94. The van der Waals surface area contributed by atoms with E-state index in [1.807, 2.05) is 0 Å². The van der Waals surface area contributed by atoms with Crippen molar-refractivity contribution in [2.24, 2.45) is 0 Å². The number of carboxylic acid groups (broad SMARTS) is 1. The van der Waals surface area contributed by atoms with Gasteiger partial charge in [0, 0.05) is 5.56 Å². The lowest BCUT2D eigenvalue weighted by molar-refractivity contribution is -0.274. The van der Waals surface area contributed by atoms with E-state index in [1.54, 1.807) is 0 Å². The Morgan fingerprint density at radius 2 is 1.73 bits per heavy atom. The fraction of sp³-hybridized carbons (Fsp3) is 0.182. The zero-order valence-electron chi connectivity index (χ0n) is 18.2. The number of alkyl halides is 6. The third-order valence-electron chi connectivity index (χ3n) is 5.14. The summed E-state index contributed by atoms with van der Waals surface area (Å²) in [5.41, 5.74) is -0.975. The monoisotopic (exact) mass is 547 g/mol. The van der Waals surface area contributed by atoms with E-state index in [9.17, 15) is 40.5 Å². The average Bonchev–Trinajstić information content (AvgIpc) is 2.97. The van der Waals surface area contributed by atoms with Crippen molar-refractivity contribution in [3.63, 3.8) is 0 Å². The molecule has 0 amide bonds. The van der Waals surface area contributed by atoms with Crippen molar-refractivity contribution < 1.29 is 50.3 Å². The van der Waals surface area contributed by atoms with Crippen LogP contribution in [0.5, 0.6) is 5.75 Å². The first-order valence-corrected chi connectivity index (χ1v) is 11.3. The number of aliphatic hydroxyl groups excluding tert-OH is 1. The van der Waals surface area contributed by atoms with Crippen LogP contribution in [-0.2, 0) is 28.5 Å². The summed E-state index contributed by atoms with van der Waals surface area (Å²) in [4.78, 5) is 14.9. The molecule has 3 aromatic rings. The second-order valence-corrected chi connectivity index (χ2v) is 9.06. The van der Waals surface area contributed by atoms with Gasteiger partial charge in [0.15, 0.2) is 17.1 Å². The number of anilines is 3. The van der Waals surface area contributed by atoms with E-state index in [0.29, 0.717) is 0 Å². The molecule has 2 unspecified atom stereocenters. The van der Waals surface area contributed by atoms with Gasteiger partial charge in [-0.1, -0.05) is 12.1 Å². The molecule has 2 aromatic carbocycles. The number of fused-ring (bicyclic) bond motifs is 2. The largest absolute Gasteiger partial charge is 0.573 e. The fourth-order valence-electron chi connectivity index (χ4n) is 3.46. The smallest absolute Gasteiger partial charge is 0.479 e. The number of nitrogens with zero attached hydrogens (tertiary/aromatic N) is 2. The van der Waals surface area contributed by atoms with E-state index in [-0.39, 0.29) is 39.8 Å². The van der Waals surface area contributed by atoms with Gasteiger partial charge in [-0.15, -0.1) is 13.2 Å². The number of aromatic nitrogens is 1. The van der Waals surface area contributed by atoms with E-state index in [2.05, 4.69) is 15.0 Å². The normalized spacial score (nSPS) is 15.1. The highest BCUT2D eigenvalue weighted by atomic mass is 32.2. The molecule has 37 heavy (non-hydrogen) atoms. The van der Waals surface area contributed by atoms with Crippen molar-refractivity contribution in [3.8, 4) is 5.75 Å². The maximum Gasteiger partial charge on any atom is 0.573 e. The number of rotatable bonds is 5. The van der Waals surface area contributed by atoms with E-state index in [0.717, 1.165) is 36.4 Å². The zero-order chi connectivity index (χ0) is 27.1. The molecule has 8 nitrogen and oxygen atoms in total. The molecule has 4 rings (SSSR count). The molecule has 1 aliphatic rings. The van der Waals surface area contributed by atoms with Crippen molar-refractivity contribution >= 4 is 34.1 Å². The quantitative estimate of drug-likeness (QED) is 0.390. The standard InChI is InChI=1S/C22H15F6N3O5S/c23-21(24,25)17-8-2-12-10-31(37(35)14-5-3-13(4-6-14)36-22(26,27)28)16-9-11(18(32)20(33)34)1-7-15(16)29-19(12)30-17/h1-9,18,32H,10H2,(H,29,30)(H,33,34). The SMILES string of the molecule is O=C(O)C(O)c1ccc2c(c1)N(S(=O)c1ccc(OC(F)(F)F)cc1)Cc1ccc(C(F)(F)F)nc1N2. The Kier molecular flexibility index (Phi) is 6.77. The minimum Gasteiger partial charge on any atom is -0.479 e. The molecule has 0 bridgehead atoms. The van der Waals surface area contributed by atoms with Gasteiger partial charge in [-0.2, -0.15) is 13.2 Å². The van der Waals surface area contributed by atoms with E-state index >= 15 is 0 Å². The summed E-state index contributed by atoms with van der Waals surface area (Å²) in [6.45, 7) is -0.291. The maximum atomic E-state index is 13.5. The molecule has 15 heteroatoms. The number of pyridine rings is 1. The average molecular weight is 547 g/mol. The Morgan fingerprint density at radius 1 is 1.05 bits per heavy atom. The molecule has 0 saturated heterocycles. The topological polar surface area (TPSA) is 112 Å². The summed E-state index contributed by atoms with van der Waals surface area (Å²) in [5.74, 6) is -2.34. The van der Waals surface area contributed by atoms with Crippen LogP contribution in [-0.4, -0.2) is 31.7 Å². The highest BCUT2D eigenvalue weighted by Crippen LogP contribution is 2.40. The molecule has 3 N–H and O–H groups in total. The Bertz CT molecular complexity index is 1360. The molecule has 0 aliphatic carbocycles. The predicted octanol–water partition coefficient (Wildman–Crippen LogP) is 4.90. The number of carbonyl (C=O) groups is 1. The van der Waals surface area contributed by atoms with Gasteiger partial charge < -0.3 is 20.3 Å². The van der Waals surface area contributed by atoms with Gasteiger partial charge >= 0.3 is 18.5 Å². The number of hydrogen-bond acceptors (Lipinski definition) is 6. The highest BCUT2D eigenvalue weighted by molar-refractivity contribution is 7.86. The molecule has 196 valence electrons. The number of carboxylic acids is 1. The Balaban J connectivity index is 1.79. The van der Waals surface area contributed by atoms with Crippen LogP contribution in [0.4, 0.5) is 43.5 Å². The van der Waals surface area contributed by atoms with Gasteiger partial charge in [-0.05, 0) is 48.0 Å². The molecule has 2 atom stereocenters. The Labute approximate surface area is 206 Å². The molecular weight excluding hydrogens is 532 g/mol. The van der Waals surface area contributed by atoms with Crippen molar-refractivity contribution in [2.45, 2.75) is 30.1 Å². The molecule has 0 radical (unpaired) electrons. The first-order chi connectivity index (χ1) is 17.2. The molecule has 1 aliphatic heterocycles. The van der Waals surface area contributed by atoms with Crippen LogP contribution in [0.3, 0.4) is 0 Å². The lowest BCUT2D eigenvalue weighted by atomic mass is 10.1. The number of benzene rings is 2. The number of aliphatic carboxylic acids is 1. The van der Waals surface area contributed by atoms with Gasteiger partial charge in [0.25, 0.3) is 0 Å². The molecule has 0 saturated carbocycles. The summed E-state index contributed by atoms with van der Waals surface area (Å²) in [5, 5.41) is 21.9. The van der Waals surface area contributed by atoms with Crippen LogP contribution in [0.15, 0.2) is 59.5 Å². The number of hydrogen-bond donors (Lipinski definition) is 3. The molecule has 0 spiro atoms. The van der Waals surface area contributed by atoms with Crippen molar-refractivity contribution in [2.75, 3.05) is 9.62 Å². The fourth-order valence-corrected chi connectivity index (χ4v) is 4.66. The Hall–Kier alpha value is -3.85. The molecule has 2 heterocycles. The third-order valence-corrected chi connectivity index (χ3v) is 6.54. The highest BCUT2D eigenvalue weighted by Gasteiger charge is 2.35. The number of aliphatic hydroxyl groups is 1. The first-order valence-electron chi connectivity index (χ1n) is 10.2. The van der Waals surface area contributed by atoms with Gasteiger partial charge in [0.2, 0.25) is 0 Å². The number of ether oxygens (including phenoxy) is 1. The van der Waals surface area contributed by atoms with Crippen LogP contribution >= 0.6 is 0 Å².